The van der Waals surface area contributed by atoms with Crippen molar-refractivity contribution < 1.29 is 5.32 Å². The van der Waals surface area contributed by atoms with Gasteiger partial charge in [-0.3, -0.25) is 0 Å². The number of hydrogen-bond acceptors (Lipinski definition) is 0. The van der Waals surface area contributed by atoms with Gasteiger partial charge >= 0.3 is 0 Å². The van der Waals surface area contributed by atoms with E-state index in [-0.39, 0.29) is 0 Å². The van der Waals surface area contributed by atoms with Crippen LogP contribution in [0.1, 0.15) is 20.8 Å². The van der Waals surface area contributed by atoms with Crippen molar-refractivity contribution in [3.63, 3.8) is 0 Å². The van der Waals surface area contributed by atoms with Gasteiger partial charge in [-0.05, 0) is 13.0 Å². The highest BCUT2D eigenvalue weighted by Crippen LogP contribution is 1.67. The highest BCUT2D eigenvalue weighted by Gasteiger charge is 1.58. The molecule has 0 saturated carbocycles. The van der Waals surface area contributed by atoms with Crippen LogP contribution >= 0.6 is 0 Å². The van der Waals surface area contributed by atoms with Crippen molar-refractivity contribution in [1.82, 2.24) is 0 Å². The first kappa shape index (κ1) is 11.3. The zero-order valence-electron chi connectivity index (χ0n) is 6.89. The molecule has 0 radical (unpaired) electrons. The third-order valence-electron chi connectivity index (χ3n) is 0.607. The van der Waals surface area contributed by atoms with Crippen molar-refractivity contribution in [2.24, 2.45) is 0 Å². The Labute approximate surface area is 58.5 Å². The van der Waals surface area contributed by atoms with Crippen LogP contribution in [0.25, 0.3) is 0 Å². The lowest BCUT2D eigenvalue weighted by molar-refractivity contribution is -0.556. The molecule has 0 heterocycles. The van der Waals surface area contributed by atoms with Crippen molar-refractivity contribution in [3.8, 4) is 0 Å². The van der Waals surface area contributed by atoms with Crippen LogP contribution in [0.5, 0.6) is 0 Å². The van der Waals surface area contributed by atoms with Gasteiger partial charge in [0.25, 0.3) is 0 Å². The van der Waals surface area contributed by atoms with Gasteiger partial charge in [-0.15, -0.1) is 0 Å². The largest absolute Gasteiger partial charge is 0.322 e. The average molecular weight is 128 g/mol. The smallest absolute Gasteiger partial charge is 0.0923 e. The zero-order valence-corrected chi connectivity index (χ0v) is 6.89. The fourth-order valence-electron chi connectivity index (χ4n) is 0.286. The van der Waals surface area contributed by atoms with E-state index in [9.17, 15) is 0 Å². The number of allylic oxidation sites excluding steroid dienone is 3. The molecule has 0 aliphatic heterocycles. The van der Waals surface area contributed by atoms with Gasteiger partial charge in [0.05, 0.1) is 13.2 Å². The van der Waals surface area contributed by atoms with Crippen LogP contribution in [0.15, 0.2) is 24.4 Å². The second-order valence-electron chi connectivity index (χ2n) is 1.24. The molecule has 0 unspecified atom stereocenters. The minimum Gasteiger partial charge on any atom is -0.322 e. The first-order chi connectivity index (χ1) is 4.41. The van der Waals surface area contributed by atoms with Crippen LogP contribution in [0.4, 0.5) is 0 Å². The first-order valence-corrected chi connectivity index (χ1v) is 3.49. The van der Waals surface area contributed by atoms with Gasteiger partial charge in [0.15, 0.2) is 0 Å². The van der Waals surface area contributed by atoms with Crippen LogP contribution in [0.3, 0.4) is 0 Å². The van der Waals surface area contributed by atoms with Gasteiger partial charge < -0.3 is 5.32 Å². The monoisotopic (exact) mass is 128 g/mol. The van der Waals surface area contributed by atoms with Crippen molar-refractivity contribution in [1.29, 1.82) is 0 Å². The van der Waals surface area contributed by atoms with Crippen LogP contribution in [0.2, 0.25) is 0 Å². The molecule has 0 aromatic heterocycles. The lowest BCUT2D eigenvalue weighted by Gasteiger charge is -1.71. The Hall–Kier alpha value is -0.560. The van der Waals surface area contributed by atoms with E-state index in [4.69, 9.17) is 0 Å². The molecule has 9 heavy (non-hydrogen) atoms. The van der Waals surface area contributed by atoms with Crippen LogP contribution < -0.4 is 5.32 Å². The van der Waals surface area contributed by atoms with E-state index in [1.54, 1.807) is 0 Å². The fourth-order valence-corrected chi connectivity index (χ4v) is 0.286. The summed E-state index contributed by atoms with van der Waals surface area (Å²) in [6.07, 6.45) is 8.00. The normalized spacial score (nSPS) is 9.78. The van der Waals surface area contributed by atoms with E-state index >= 15 is 0 Å². The highest BCUT2D eigenvalue weighted by atomic mass is 14.8. The molecule has 1 heteroatoms. The highest BCUT2D eigenvalue weighted by molar-refractivity contribution is 4.96. The average Bonchev–Trinajstić information content (AvgIpc) is 1.94. The summed E-state index contributed by atoms with van der Waals surface area (Å²) in [7, 11) is 2.00. The molecular formula is C8H18N+. The lowest BCUT2D eigenvalue weighted by atomic mass is 10.5. The van der Waals surface area contributed by atoms with Gasteiger partial charge in [-0.1, -0.05) is 26.0 Å². The summed E-state index contributed by atoms with van der Waals surface area (Å²) in [6.45, 7) is 6.00. The maximum absolute atomic E-state index is 2.00. The van der Waals surface area contributed by atoms with Gasteiger partial charge in [0, 0.05) is 0 Å². The molecule has 0 rings (SSSR count). The Morgan fingerprint density at radius 1 is 1.11 bits per heavy atom. The second kappa shape index (κ2) is 15.7. The first-order valence-electron chi connectivity index (χ1n) is 3.49. The Morgan fingerprint density at radius 3 is 2.00 bits per heavy atom. The van der Waals surface area contributed by atoms with E-state index in [1.165, 1.54) is 0 Å². The Balaban J connectivity index is 0. The molecule has 0 aliphatic rings. The standard InChI is InChI=1S/C6H11N.C2H6/c1-3-4-5-6-7-2;1-2/h3-7H,1-2H3;1-2H3/p+1/b4-3-,6-5-;. The fraction of sp³-hybridized carbons (Fsp3) is 0.500. The summed E-state index contributed by atoms with van der Waals surface area (Å²) in [5.74, 6) is 0. The SMILES string of the molecule is C/C=C\C=C/[NH2+]C.CC. The summed E-state index contributed by atoms with van der Waals surface area (Å²) in [5, 5.41) is 2.00. The lowest BCUT2D eigenvalue weighted by Crippen LogP contribution is -2.72. The van der Waals surface area contributed by atoms with E-state index in [0.29, 0.717) is 0 Å². The number of quaternary nitrogens is 1. The van der Waals surface area contributed by atoms with E-state index in [1.807, 2.05) is 57.6 Å². The molecule has 0 aromatic rings. The quantitative estimate of drug-likeness (QED) is 0.540. The molecule has 0 aliphatic carbocycles. The Kier molecular flexibility index (Phi) is 19.6. The van der Waals surface area contributed by atoms with Crippen LogP contribution in [-0.4, -0.2) is 7.05 Å². The third-order valence-corrected chi connectivity index (χ3v) is 0.607. The summed E-state index contributed by atoms with van der Waals surface area (Å²) in [4.78, 5) is 0. The van der Waals surface area contributed by atoms with Crippen LogP contribution in [-0.2, 0) is 0 Å². The molecule has 0 bridgehead atoms. The molecule has 0 amide bonds. The number of hydrogen-bond donors (Lipinski definition) is 1. The molecule has 0 aromatic carbocycles. The van der Waals surface area contributed by atoms with Gasteiger partial charge in [-0.2, -0.15) is 0 Å². The topological polar surface area (TPSA) is 16.6 Å². The number of nitrogens with two attached hydrogens (primary N) is 1. The maximum atomic E-state index is 2.00. The van der Waals surface area contributed by atoms with Gasteiger partial charge in [0.2, 0.25) is 0 Å². The van der Waals surface area contributed by atoms with Crippen molar-refractivity contribution in [2.45, 2.75) is 20.8 Å². The van der Waals surface area contributed by atoms with Gasteiger partial charge in [-0.25, -0.2) is 0 Å². The summed E-state index contributed by atoms with van der Waals surface area (Å²) in [5.41, 5.74) is 0. The Bertz CT molecular complexity index is 72.6. The van der Waals surface area contributed by atoms with Crippen LogP contribution in [0, 0.1) is 0 Å². The predicted molar refractivity (Wildman–Crippen MR) is 43.2 cm³/mol. The predicted octanol–water partition coefficient (Wildman–Crippen LogP) is 1.30. The van der Waals surface area contributed by atoms with E-state index in [2.05, 4.69) is 0 Å². The van der Waals surface area contributed by atoms with Crippen molar-refractivity contribution in [3.05, 3.63) is 24.4 Å². The number of rotatable bonds is 2. The molecule has 0 fully saturated rings. The Morgan fingerprint density at radius 2 is 1.67 bits per heavy atom. The summed E-state index contributed by atoms with van der Waals surface area (Å²) >= 11 is 0. The van der Waals surface area contributed by atoms with E-state index in [0.717, 1.165) is 0 Å². The molecule has 1 nitrogen and oxygen atoms in total. The molecule has 0 spiro atoms. The third kappa shape index (κ3) is 18.6. The van der Waals surface area contributed by atoms with Crippen molar-refractivity contribution in [2.75, 3.05) is 7.05 Å². The minimum atomic E-state index is 2.00. The maximum Gasteiger partial charge on any atom is 0.0923 e. The zero-order chi connectivity index (χ0) is 7.54. The molecule has 2 N–H and O–H groups in total. The summed E-state index contributed by atoms with van der Waals surface area (Å²) in [6, 6.07) is 0. The molecule has 54 valence electrons. The molecule has 0 atom stereocenters. The van der Waals surface area contributed by atoms with Crippen molar-refractivity contribution >= 4 is 0 Å². The molecular weight excluding hydrogens is 110 g/mol. The minimum absolute atomic E-state index is 2.00. The molecule has 0 saturated heterocycles. The van der Waals surface area contributed by atoms with E-state index < -0.39 is 0 Å². The van der Waals surface area contributed by atoms with Gasteiger partial charge in [0.1, 0.15) is 0 Å². The summed E-state index contributed by atoms with van der Waals surface area (Å²) < 4.78 is 0. The second-order valence-corrected chi connectivity index (χ2v) is 1.24.